The summed E-state index contributed by atoms with van der Waals surface area (Å²) < 4.78 is 19.5. The highest BCUT2D eigenvalue weighted by molar-refractivity contribution is 7.17. The molecular weight excluding hydrogens is 468 g/mol. The zero-order chi connectivity index (χ0) is 24.1. The molecule has 0 aliphatic carbocycles. The number of ether oxygens (including phenoxy) is 2. The summed E-state index contributed by atoms with van der Waals surface area (Å²) in [7, 11) is 0. The molecule has 0 fully saturated rings. The van der Waals surface area contributed by atoms with Gasteiger partial charge in [-0.15, -0.1) is 11.3 Å². The number of hydrogen-bond acceptors (Lipinski definition) is 8. The van der Waals surface area contributed by atoms with Crippen molar-refractivity contribution in [3.8, 4) is 22.9 Å². The molecule has 2 aromatic carbocycles. The van der Waals surface area contributed by atoms with E-state index in [1.54, 1.807) is 23.6 Å². The van der Waals surface area contributed by atoms with Gasteiger partial charge in [-0.2, -0.15) is 4.98 Å². The quantitative estimate of drug-likeness (QED) is 0.372. The first-order valence-corrected chi connectivity index (χ1v) is 11.9. The standard InChI is InChI=1S/C25H20N4O5S/c1-14-3-5-17(9-15(14)2)23-26-21(34-27-23)12-28-18-7-8-35-22(18)24(30)29(25(28)31)11-16-4-6-19-20(10-16)33-13-32-19/h3-10H,11-13H2,1-2H3. The van der Waals surface area contributed by atoms with Gasteiger partial charge in [-0.05, 0) is 60.2 Å². The van der Waals surface area contributed by atoms with Gasteiger partial charge >= 0.3 is 5.69 Å². The van der Waals surface area contributed by atoms with Crippen LogP contribution in [0, 0.1) is 13.8 Å². The molecule has 1 aliphatic heterocycles. The zero-order valence-electron chi connectivity index (χ0n) is 19.0. The van der Waals surface area contributed by atoms with Gasteiger partial charge in [0.15, 0.2) is 11.5 Å². The predicted molar refractivity (Wildman–Crippen MR) is 130 cm³/mol. The molecule has 3 aromatic heterocycles. The summed E-state index contributed by atoms with van der Waals surface area (Å²) in [6, 6.07) is 13.1. The minimum atomic E-state index is -0.454. The van der Waals surface area contributed by atoms with Crippen LogP contribution in [0.15, 0.2) is 62.0 Å². The van der Waals surface area contributed by atoms with E-state index in [1.807, 2.05) is 38.1 Å². The van der Waals surface area contributed by atoms with Crippen LogP contribution in [0.5, 0.6) is 11.5 Å². The molecule has 0 saturated carbocycles. The maximum absolute atomic E-state index is 13.5. The highest BCUT2D eigenvalue weighted by atomic mass is 32.1. The summed E-state index contributed by atoms with van der Waals surface area (Å²) in [6.45, 7) is 4.36. The van der Waals surface area contributed by atoms with Crippen LogP contribution >= 0.6 is 11.3 Å². The topological polar surface area (TPSA) is 101 Å². The fraction of sp³-hybridized carbons (Fsp3) is 0.200. The summed E-state index contributed by atoms with van der Waals surface area (Å²) in [4.78, 5) is 31.1. The summed E-state index contributed by atoms with van der Waals surface area (Å²) >= 11 is 1.29. The average Bonchev–Trinajstić information content (AvgIpc) is 3.61. The van der Waals surface area contributed by atoms with Gasteiger partial charge < -0.3 is 14.0 Å². The molecule has 0 bridgehead atoms. The smallest absolute Gasteiger partial charge is 0.332 e. The second-order valence-electron chi connectivity index (χ2n) is 8.39. The van der Waals surface area contributed by atoms with E-state index in [2.05, 4.69) is 10.1 Å². The number of aryl methyl sites for hydroxylation is 2. The number of hydrogen-bond donors (Lipinski definition) is 0. The van der Waals surface area contributed by atoms with Crippen LogP contribution < -0.4 is 20.7 Å². The summed E-state index contributed by atoms with van der Waals surface area (Å²) in [6.07, 6.45) is 0. The first-order valence-electron chi connectivity index (χ1n) is 11.0. The number of benzene rings is 2. The van der Waals surface area contributed by atoms with Crippen LogP contribution in [0.4, 0.5) is 0 Å². The molecule has 176 valence electrons. The van der Waals surface area contributed by atoms with Crippen molar-refractivity contribution in [1.82, 2.24) is 19.3 Å². The highest BCUT2D eigenvalue weighted by Gasteiger charge is 2.19. The molecule has 0 amide bonds. The second kappa shape index (κ2) is 8.24. The maximum atomic E-state index is 13.5. The van der Waals surface area contributed by atoms with Gasteiger partial charge in [-0.3, -0.25) is 13.9 Å². The van der Waals surface area contributed by atoms with E-state index in [9.17, 15) is 9.59 Å². The lowest BCUT2D eigenvalue weighted by Gasteiger charge is -2.11. The minimum absolute atomic E-state index is 0.0470. The van der Waals surface area contributed by atoms with Crippen molar-refractivity contribution >= 4 is 21.6 Å². The first-order chi connectivity index (χ1) is 17.0. The Hall–Kier alpha value is -4.18. The number of rotatable bonds is 5. The Kier molecular flexibility index (Phi) is 5.03. The molecule has 4 heterocycles. The van der Waals surface area contributed by atoms with Crippen LogP contribution in [0.2, 0.25) is 0 Å². The average molecular weight is 489 g/mol. The largest absolute Gasteiger partial charge is 0.454 e. The molecular formula is C25H20N4O5S. The van der Waals surface area contributed by atoms with Crippen molar-refractivity contribution in [3.05, 3.63) is 91.3 Å². The van der Waals surface area contributed by atoms with Gasteiger partial charge in [0.05, 0.1) is 12.1 Å². The lowest BCUT2D eigenvalue weighted by atomic mass is 10.1. The van der Waals surface area contributed by atoms with Crippen LogP contribution in [-0.2, 0) is 13.1 Å². The molecule has 5 aromatic rings. The van der Waals surface area contributed by atoms with Gasteiger partial charge in [0.1, 0.15) is 11.2 Å². The van der Waals surface area contributed by atoms with E-state index < -0.39 is 5.69 Å². The fourth-order valence-electron chi connectivity index (χ4n) is 4.10. The van der Waals surface area contributed by atoms with Gasteiger partial charge in [-0.25, -0.2) is 4.79 Å². The predicted octanol–water partition coefficient (Wildman–Crippen LogP) is 3.72. The Labute approximate surface area is 202 Å². The first kappa shape index (κ1) is 21.4. The number of nitrogens with zero attached hydrogens (tertiary/aromatic N) is 4. The van der Waals surface area contributed by atoms with E-state index in [-0.39, 0.29) is 31.3 Å². The van der Waals surface area contributed by atoms with Crippen molar-refractivity contribution in [2.75, 3.05) is 6.79 Å². The van der Waals surface area contributed by atoms with Crippen molar-refractivity contribution in [1.29, 1.82) is 0 Å². The Morgan fingerprint density at radius 2 is 1.80 bits per heavy atom. The van der Waals surface area contributed by atoms with Gasteiger partial charge in [0.25, 0.3) is 5.56 Å². The summed E-state index contributed by atoms with van der Waals surface area (Å²) in [5.74, 6) is 1.97. The Morgan fingerprint density at radius 3 is 2.66 bits per heavy atom. The Balaban J connectivity index is 1.38. The van der Waals surface area contributed by atoms with Crippen LogP contribution in [-0.4, -0.2) is 26.1 Å². The molecule has 35 heavy (non-hydrogen) atoms. The van der Waals surface area contributed by atoms with E-state index in [0.717, 1.165) is 16.7 Å². The maximum Gasteiger partial charge on any atom is 0.332 e. The number of fused-ring (bicyclic) bond motifs is 2. The molecule has 0 unspecified atom stereocenters. The van der Waals surface area contributed by atoms with Gasteiger partial charge in [0, 0.05) is 5.56 Å². The third-order valence-corrected chi connectivity index (χ3v) is 7.03. The molecule has 0 spiro atoms. The second-order valence-corrected chi connectivity index (χ2v) is 9.31. The van der Waals surface area contributed by atoms with Crippen LogP contribution in [0.1, 0.15) is 22.6 Å². The molecule has 0 saturated heterocycles. The van der Waals surface area contributed by atoms with E-state index >= 15 is 0 Å². The Bertz CT molecular complexity index is 1710. The lowest BCUT2D eigenvalue weighted by molar-refractivity contribution is 0.174. The van der Waals surface area contributed by atoms with E-state index in [0.29, 0.717) is 27.5 Å². The third kappa shape index (κ3) is 3.71. The SMILES string of the molecule is Cc1ccc(-c2noc(Cn3c(=O)n(Cc4ccc5c(c4)OCO5)c(=O)c4sccc43)n2)cc1C. The summed E-state index contributed by atoms with van der Waals surface area (Å²) in [5, 5.41) is 5.89. The normalized spacial score (nSPS) is 12.5. The minimum Gasteiger partial charge on any atom is -0.454 e. The molecule has 1 aliphatic rings. The summed E-state index contributed by atoms with van der Waals surface area (Å²) in [5.41, 5.74) is 3.64. The fourth-order valence-corrected chi connectivity index (χ4v) is 4.94. The molecule has 10 heteroatoms. The highest BCUT2D eigenvalue weighted by Crippen LogP contribution is 2.32. The monoisotopic (exact) mass is 488 g/mol. The molecule has 9 nitrogen and oxygen atoms in total. The lowest BCUT2D eigenvalue weighted by Crippen LogP contribution is -2.40. The molecule has 0 radical (unpaired) electrons. The van der Waals surface area contributed by atoms with Gasteiger partial charge in [0.2, 0.25) is 18.5 Å². The zero-order valence-corrected chi connectivity index (χ0v) is 19.8. The van der Waals surface area contributed by atoms with E-state index in [1.165, 1.54) is 26.0 Å². The van der Waals surface area contributed by atoms with E-state index in [4.69, 9.17) is 14.0 Å². The molecule has 6 rings (SSSR count). The van der Waals surface area contributed by atoms with Crippen molar-refractivity contribution in [2.24, 2.45) is 0 Å². The van der Waals surface area contributed by atoms with Gasteiger partial charge in [-0.1, -0.05) is 23.4 Å². The third-order valence-electron chi connectivity index (χ3n) is 6.14. The Morgan fingerprint density at radius 1 is 0.943 bits per heavy atom. The van der Waals surface area contributed by atoms with Crippen LogP contribution in [0.3, 0.4) is 0 Å². The van der Waals surface area contributed by atoms with Crippen molar-refractivity contribution in [3.63, 3.8) is 0 Å². The van der Waals surface area contributed by atoms with Crippen molar-refractivity contribution < 1.29 is 14.0 Å². The number of thiophene rings is 1. The molecule has 0 atom stereocenters. The number of aromatic nitrogens is 4. The molecule has 0 N–H and O–H groups in total. The van der Waals surface area contributed by atoms with Crippen molar-refractivity contribution in [2.45, 2.75) is 26.9 Å². The van der Waals surface area contributed by atoms with Crippen LogP contribution in [0.25, 0.3) is 21.6 Å².